The van der Waals surface area contributed by atoms with Crippen LogP contribution >= 0.6 is 11.8 Å². The van der Waals surface area contributed by atoms with Gasteiger partial charge >= 0.3 is 0 Å². The average molecular weight is 199 g/mol. The first kappa shape index (κ1) is 8.80. The molecule has 1 aliphatic heterocycles. The predicted molar refractivity (Wildman–Crippen MR) is 53.3 cm³/mol. The van der Waals surface area contributed by atoms with Crippen LogP contribution in [0.3, 0.4) is 0 Å². The van der Waals surface area contributed by atoms with Crippen LogP contribution in [-0.2, 0) is 0 Å². The Morgan fingerprint density at radius 3 is 2.93 bits per heavy atom. The molecule has 3 nitrogen and oxygen atoms in total. The van der Waals surface area contributed by atoms with Crippen molar-refractivity contribution in [3.05, 3.63) is 29.0 Å². The normalized spacial score (nSPS) is 13.4. The maximum atomic E-state index is 8.73. The molecule has 66 valence electrons. The second-order valence-electron chi connectivity index (χ2n) is 2.80. The van der Waals surface area contributed by atoms with Gasteiger partial charge in [0.05, 0.1) is 11.6 Å². The van der Waals surface area contributed by atoms with Crippen LogP contribution in [0, 0.1) is 22.7 Å². The van der Waals surface area contributed by atoms with Crippen molar-refractivity contribution in [1.29, 1.82) is 10.5 Å². The standard InChI is InChI=1S/C10H5N3S/c11-3-7-1-9-2-8(4-12)6-14-10(9)13-5-7/h1-2,5H,6H2. The fourth-order valence-electron chi connectivity index (χ4n) is 1.19. The minimum atomic E-state index is 0.528. The lowest BCUT2D eigenvalue weighted by Gasteiger charge is -2.10. The summed E-state index contributed by atoms with van der Waals surface area (Å²) < 4.78 is 0. The van der Waals surface area contributed by atoms with Gasteiger partial charge in [-0.3, -0.25) is 0 Å². The molecule has 1 aromatic heterocycles. The largest absolute Gasteiger partial charge is 0.248 e. The highest BCUT2D eigenvalue weighted by Crippen LogP contribution is 2.29. The number of pyridine rings is 1. The Hall–Kier alpha value is -1.78. The maximum absolute atomic E-state index is 8.73. The molecule has 2 rings (SSSR count). The molecule has 0 N–H and O–H groups in total. The monoisotopic (exact) mass is 199 g/mol. The number of fused-ring (bicyclic) bond motifs is 1. The van der Waals surface area contributed by atoms with E-state index in [4.69, 9.17) is 10.5 Å². The summed E-state index contributed by atoms with van der Waals surface area (Å²) in [5.74, 6) is 0.669. The van der Waals surface area contributed by atoms with E-state index in [0.29, 0.717) is 11.3 Å². The molecular weight excluding hydrogens is 194 g/mol. The zero-order valence-corrected chi connectivity index (χ0v) is 8.01. The molecule has 0 atom stereocenters. The van der Waals surface area contributed by atoms with Gasteiger partial charge in [-0.05, 0) is 12.1 Å². The highest BCUT2D eigenvalue weighted by molar-refractivity contribution is 7.99. The Morgan fingerprint density at radius 1 is 1.36 bits per heavy atom. The third-order valence-corrected chi connectivity index (χ3v) is 2.92. The van der Waals surface area contributed by atoms with Crippen LogP contribution in [0.1, 0.15) is 11.1 Å². The highest BCUT2D eigenvalue weighted by atomic mass is 32.2. The fourth-order valence-corrected chi connectivity index (χ4v) is 2.05. The van der Waals surface area contributed by atoms with Crippen molar-refractivity contribution in [2.45, 2.75) is 5.03 Å². The van der Waals surface area contributed by atoms with Crippen molar-refractivity contribution in [2.24, 2.45) is 0 Å². The zero-order chi connectivity index (χ0) is 9.97. The number of nitrogens with zero attached hydrogens (tertiary/aromatic N) is 3. The second kappa shape index (κ2) is 3.53. The molecule has 1 aromatic rings. The summed E-state index contributed by atoms with van der Waals surface area (Å²) in [5.41, 5.74) is 2.12. The van der Waals surface area contributed by atoms with Crippen molar-refractivity contribution < 1.29 is 0 Å². The summed E-state index contributed by atoms with van der Waals surface area (Å²) in [5, 5.41) is 18.3. The van der Waals surface area contributed by atoms with E-state index in [1.807, 2.05) is 6.07 Å². The first-order valence-electron chi connectivity index (χ1n) is 3.97. The third kappa shape index (κ3) is 1.48. The Labute approximate surface area is 85.7 Å². The fraction of sp³-hybridized carbons (Fsp3) is 0.100. The van der Waals surface area contributed by atoms with Gasteiger partial charge in [-0.1, -0.05) is 0 Å². The van der Waals surface area contributed by atoms with E-state index < -0.39 is 0 Å². The summed E-state index contributed by atoms with van der Waals surface area (Å²) in [6, 6.07) is 5.89. The van der Waals surface area contributed by atoms with E-state index in [2.05, 4.69) is 11.1 Å². The number of hydrogen-bond donors (Lipinski definition) is 0. The summed E-state index contributed by atoms with van der Waals surface area (Å²) in [6.45, 7) is 0. The van der Waals surface area contributed by atoms with Crippen LogP contribution in [0.5, 0.6) is 0 Å². The van der Waals surface area contributed by atoms with Crippen LogP contribution in [0.25, 0.3) is 6.08 Å². The molecule has 0 radical (unpaired) electrons. The second-order valence-corrected chi connectivity index (χ2v) is 3.76. The van der Waals surface area contributed by atoms with Crippen LogP contribution < -0.4 is 0 Å². The molecule has 0 unspecified atom stereocenters. The number of rotatable bonds is 0. The van der Waals surface area contributed by atoms with Crippen molar-refractivity contribution in [3.8, 4) is 12.1 Å². The van der Waals surface area contributed by atoms with Crippen LogP contribution in [0.15, 0.2) is 22.9 Å². The van der Waals surface area contributed by atoms with E-state index >= 15 is 0 Å². The zero-order valence-electron chi connectivity index (χ0n) is 7.19. The molecule has 14 heavy (non-hydrogen) atoms. The SMILES string of the molecule is N#CC1=Cc2cc(C#N)cnc2SC1. The van der Waals surface area contributed by atoms with Gasteiger partial charge in [0.25, 0.3) is 0 Å². The van der Waals surface area contributed by atoms with E-state index in [-0.39, 0.29) is 0 Å². The number of aromatic nitrogens is 1. The average Bonchev–Trinajstić information content (AvgIpc) is 2.27. The Balaban J connectivity index is 2.52. The summed E-state index contributed by atoms with van der Waals surface area (Å²) in [6.07, 6.45) is 3.34. The van der Waals surface area contributed by atoms with Gasteiger partial charge in [-0.15, -0.1) is 11.8 Å². The topological polar surface area (TPSA) is 60.5 Å². The van der Waals surface area contributed by atoms with Crippen molar-refractivity contribution in [2.75, 3.05) is 5.75 Å². The van der Waals surface area contributed by atoms with Crippen molar-refractivity contribution in [3.63, 3.8) is 0 Å². The van der Waals surface area contributed by atoms with Gasteiger partial charge in [0.15, 0.2) is 0 Å². The summed E-state index contributed by atoms with van der Waals surface area (Å²) in [4.78, 5) is 4.15. The first-order chi connectivity index (χ1) is 6.83. The summed E-state index contributed by atoms with van der Waals surface area (Å²) >= 11 is 1.53. The molecule has 0 aliphatic carbocycles. The summed E-state index contributed by atoms with van der Waals surface area (Å²) in [7, 11) is 0. The number of nitriles is 2. The van der Waals surface area contributed by atoms with Gasteiger partial charge in [-0.2, -0.15) is 10.5 Å². The van der Waals surface area contributed by atoms with Crippen molar-refractivity contribution >= 4 is 17.8 Å². The maximum Gasteiger partial charge on any atom is 0.104 e. The smallest absolute Gasteiger partial charge is 0.104 e. The molecule has 4 heteroatoms. The van der Waals surface area contributed by atoms with Gasteiger partial charge in [0, 0.05) is 23.1 Å². The number of thioether (sulfide) groups is 1. The molecule has 0 saturated carbocycles. The lowest BCUT2D eigenvalue weighted by molar-refractivity contribution is 1.10. The van der Waals surface area contributed by atoms with Crippen LogP contribution in [0.4, 0.5) is 0 Å². The highest BCUT2D eigenvalue weighted by Gasteiger charge is 2.12. The quantitative estimate of drug-likeness (QED) is 0.640. The molecule has 0 saturated heterocycles. The lowest BCUT2D eigenvalue weighted by Crippen LogP contribution is -1.97. The minimum absolute atomic E-state index is 0.528. The minimum Gasteiger partial charge on any atom is -0.248 e. The van der Waals surface area contributed by atoms with Crippen LogP contribution in [-0.4, -0.2) is 10.7 Å². The van der Waals surface area contributed by atoms with E-state index in [0.717, 1.165) is 16.2 Å². The van der Waals surface area contributed by atoms with Gasteiger partial charge in [-0.25, -0.2) is 4.98 Å². The number of hydrogen-bond acceptors (Lipinski definition) is 4. The van der Waals surface area contributed by atoms with Crippen LogP contribution in [0.2, 0.25) is 0 Å². The molecular formula is C10H5N3S. The van der Waals surface area contributed by atoms with Gasteiger partial charge in [0.2, 0.25) is 0 Å². The molecule has 0 aromatic carbocycles. The van der Waals surface area contributed by atoms with Gasteiger partial charge < -0.3 is 0 Å². The Morgan fingerprint density at radius 2 is 2.21 bits per heavy atom. The lowest BCUT2D eigenvalue weighted by atomic mass is 10.1. The molecule has 0 bridgehead atoms. The molecule has 0 amide bonds. The van der Waals surface area contributed by atoms with Gasteiger partial charge in [0.1, 0.15) is 11.1 Å². The Kier molecular flexibility index (Phi) is 2.22. The molecule has 0 spiro atoms. The van der Waals surface area contributed by atoms with E-state index in [1.54, 1.807) is 18.3 Å². The predicted octanol–water partition coefficient (Wildman–Crippen LogP) is 1.97. The first-order valence-corrected chi connectivity index (χ1v) is 4.95. The molecule has 2 heterocycles. The molecule has 0 fully saturated rings. The van der Waals surface area contributed by atoms with Crippen molar-refractivity contribution in [1.82, 2.24) is 4.98 Å². The van der Waals surface area contributed by atoms with E-state index in [1.165, 1.54) is 11.8 Å². The Bertz CT molecular complexity index is 491. The molecule has 1 aliphatic rings. The third-order valence-electron chi connectivity index (χ3n) is 1.85. The van der Waals surface area contributed by atoms with E-state index in [9.17, 15) is 0 Å².